The SMILES string of the molecule is COc1ccc(Oc2cc(Cl)ccc2C#N)cc1. The van der Waals surface area contributed by atoms with Crippen LogP contribution >= 0.6 is 11.6 Å². The Morgan fingerprint density at radius 3 is 2.33 bits per heavy atom. The van der Waals surface area contributed by atoms with Crippen molar-refractivity contribution in [1.29, 1.82) is 5.26 Å². The largest absolute Gasteiger partial charge is 0.497 e. The van der Waals surface area contributed by atoms with Gasteiger partial charge in [-0.1, -0.05) is 11.6 Å². The van der Waals surface area contributed by atoms with Gasteiger partial charge in [0.15, 0.2) is 0 Å². The van der Waals surface area contributed by atoms with E-state index < -0.39 is 0 Å². The average Bonchev–Trinajstić information content (AvgIpc) is 2.40. The molecule has 0 saturated carbocycles. The van der Waals surface area contributed by atoms with Crippen molar-refractivity contribution in [3.63, 3.8) is 0 Å². The van der Waals surface area contributed by atoms with Gasteiger partial charge in [-0.2, -0.15) is 5.26 Å². The van der Waals surface area contributed by atoms with E-state index in [-0.39, 0.29) is 0 Å². The van der Waals surface area contributed by atoms with Crippen LogP contribution in [0.5, 0.6) is 17.2 Å². The first-order valence-electron chi connectivity index (χ1n) is 5.24. The molecular formula is C14H10ClNO2. The van der Waals surface area contributed by atoms with Crippen molar-refractivity contribution < 1.29 is 9.47 Å². The number of nitrogens with zero attached hydrogens (tertiary/aromatic N) is 1. The zero-order valence-corrected chi connectivity index (χ0v) is 10.4. The van der Waals surface area contributed by atoms with Crippen molar-refractivity contribution in [2.45, 2.75) is 0 Å². The molecule has 0 spiro atoms. The molecule has 0 aliphatic carbocycles. The van der Waals surface area contributed by atoms with Crippen molar-refractivity contribution in [1.82, 2.24) is 0 Å². The first-order valence-corrected chi connectivity index (χ1v) is 5.62. The Labute approximate surface area is 110 Å². The second kappa shape index (κ2) is 5.44. The van der Waals surface area contributed by atoms with Crippen LogP contribution in [-0.2, 0) is 0 Å². The highest BCUT2D eigenvalue weighted by molar-refractivity contribution is 6.30. The molecule has 0 aliphatic heterocycles. The number of nitriles is 1. The Hall–Kier alpha value is -2.18. The van der Waals surface area contributed by atoms with Gasteiger partial charge in [-0.3, -0.25) is 0 Å². The summed E-state index contributed by atoms with van der Waals surface area (Å²) in [6, 6.07) is 14.0. The van der Waals surface area contributed by atoms with Crippen LogP contribution in [0.2, 0.25) is 5.02 Å². The van der Waals surface area contributed by atoms with E-state index in [1.807, 2.05) is 0 Å². The van der Waals surface area contributed by atoms with Gasteiger partial charge in [0.25, 0.3) is 0 Å². The fourth-order valence-corrected chi connectivity index (χ4v) is 1.61. The highest BCUT2D eigenvalue weighted by atomic mass is 35.5. The Morgan fingerprint density at radius 2 is 1.72 bits per heavy atom. The summed E-state index contributed by atoms with van der Waals surface area (Å²) in [6.07, 6.45) is 0. The number of ether oxygens (including phenoxy) is 2. The van der Waals surface area contributed by atoms with Crippen LogP contribution in [0.15, 0.2) is 42.5 Å². The topological polar surface area (TPSA) is 42.2 Å². The van der Waals surface area contributed by atoms with E-state index in [9.17, 15) is 0 Å². The lowest BCUT2D eigenvalue weighted by molar-refractivity contribution is 0.413. The van der Waals surface area contributed by atoms with Crippen molar-refractivity contribution in [3.05, 3.63) is 53.1 Å². The molecular weight excluding hydrogens is 250 g/mol. The predicted octanol–water partition coefficient (Wildman–Crippen LogP) is 4.01. The molecule has 0 bridgehead atoms. The monoisotopic (exact) mass is 259 g/mol. The fraction of sp³-hybridized carbons (Fsp3) is 0.0714. The van der Waals surface area contributed by atoms with Crippen LogP contribution in [0.4, 0.5) is 0 Å². The first-order chi connectivity index (χ1) is 8.72. The number of hydrogen-bond donors (Lipinski definition) is 0. The molecule has 0 heterocycles. The maximum atomic E-state index is 8.98. The maximum absolute atomic E-state index is 8.98. The number of methoxy groups -OCH3 is 1. The summed E-state index contributed by atoms with van der Waals surface area (Å²) in [5.41, 5.74) is 0.440. The molecule has 0 saturated heterocycles. The third kappa shape index (κ3) is 2.73. The summed E-state index contributed by atoms with van der Waals surface area (Å²) in [7, 11) is 1.60. The van der Waals surface area contributed by atoms with Gasteiger partial charge in [-0.15, -0.1) is 0 Å². The van der Waals surface area contributed by atoms with Crippen LogP contribution < -0.4 is 9.47 Å². The lowest BCUT2D eigenvalue weighted by atomic mass is 10.2. The summed E-state index contributed by atoms with van der Waals surface area (Å²) >= 11 is 5.88. The minimum Gasteiger partial charge on any atom is -0.497 e. The molecule has 18 heavy (non-hydrogen) atoms. The molecule has 0 radical (unpaired) electrons. The fourth-order valence-electron chi connectivity index (χ4n) is 1.44. The smallest absolute Gasteiger partial charge is 0.146 e. The molecule has 0 aromatic heterocycles. The quantitative estimate of drug-likeness (QED) is 0.836. The van der Waals surface area contributed by atoms with E-state index in [0.717, 1.165) is 5.75 Å². The Kier molecular flexibility index (Phi) is 3.71. The Bertz CT molecular complexity index is 588. The van der Waals surface area contributed by atoms with Gasteiger partial charge < -0.3 is 9.47 Å². The molecule has 4 heteroatoms. The second-order valence-electron chi connectivity index (χ2n) is 3.53. The van der Waals surface area contributed by atoms with Gasteiger partial charge >= 0.3 is 0 Å². The summed E-state index contributed by atoms with van der Waals surface area (Å²) in [5, 5.41) is 9.50. The zero-order valence-electron chi connectivity index (χ0n) is 9.68. The molecule has 90 valence electrons. The molecule has 2 aromatic carbocycles. The molecule has 0 aliphatic rings. The average molecular weight is 260 g/mol. The zero-order chi connectivity index (χ0) is 13.0. The van der Waals surface area contributed by atoms with E-state index in [2.05, 4.69) is 6.07 Å². The summed E-state index contributed by atoms with van der Waals surface area (Å²) < 4.78 is 10.7. The van der Waals surface area contributed by atoms with Gasteiger partial charge in [0, 0.05) is 11.1 Å². The number of benzene rings is 2. The molecule has 0 fully saturated rings. The predicted molar refractivity (Wildman–Crippen MR) is 69.2 cm³/mol. The molecule has 0 atom stereocenters. The van der Waals surface area contributed by atoms with E-state index in [1.165, 1.54) is 0 Å². The summed E-state index contributed by atoms with van der Waals surface area (Å²) in [6.45, 7) is 0. The minimum atomic E-state index is 0.440. The molecule has 2 rings (SSSR count). The van der Waals surface area contributed by atoms with E-state index in [0.29, 0.717) is 22.1 Å². The third-order valence-corrected chi connectivity index (χ3v) is 2.59. The summed E-state index contributed by atoms with van der Waals surface area (Å²) in [4.78, 5) is 0. The van der Waals surface area contributed by atoms with Crippen LogP contribution in [-0.4, -0.2) is 7.11 Å². The lowest BCUT2D eigenvalue weighted by Gasteiger charge is -2.08. The lowest BCUT2D eigenvalue weighted by Crippen LogP contribution is -1.89. The van der Waals surface area contributed by atoms with Crippen LogP contribution in [0.1, 0.15) is 5.56 Å². The van der Waals surface area contributed by atoms with Gasteiger partial charge in [0.05, 0.1) is 12.7 Å². The van der Waals surface area contributed by atoms with E-state index in [4.69, 9.17) is 26.3 Å². The first kappa shape index (κ1) is 12.3. The second-order valence-corrected chi connectivity index (χ2v) is 3.97. The number of halogens is 1. The molecule has 3 nitrogen and oxygen atoms in total. The Morgan fingerprint density at radius 1 is 1.06 bits per heavy atom. The highest BCUT2D eigenvalue weighted by Crippen LogP contribution is 2.28. The molecule has 0 N–H and O–H groups in total. The van der Waals surface area contributed by atoms with Crippen molar-refractivity contribution in [3.8, 4) is 23.3 Å². The van der Waals surface area contributed by atoms with Crippen molar-refractivity contribution >= 4 is 11.6 Å². The van der Waals surface area contributed by atoms with Gasteiger partial charge in [0.2, 0.25) is 0 Å². The molecule has 2 aromatic rings. The number of rotatable bonds is 3. The standard InChI is InChI=1S/C14H10ClNO2/c1-17-12-4-6-13(7-5-12)18-14-8-11(15)3-2-10(14)9-16/h2-8H,1H3. The van der Waals surface area contributed by atoms with Crippen LogP contribution in [0, 0.1) is 11.3 Å². The van der Waals surface area contributed by atoms with Crippen LogP contribution in [0.3, 0.4) is 0 Å². The molecule has 0 unspecified atom stereocenters. The molecule has 0 amide bonds. The minimum absolute atomic E-state index is 0.440. The van der Waals surface area contributed by atoms with Crippen LogP contribution in [0.25, 0.3) is 0 Å². The Balaban J connectivity index is 2.27. The maximum Gasteiger partial charge on any atom is 0.146 e. The van der Waals surface area contributed by atoms with Gasteiger partial charge in [-0.25, -0.2) is 0 Å². The van der Waals surface area contributed by atoms with Crippen molar-refractivity contribution in [2.75, 3.05) is 7.11 Å². The van der Waals surface area contributed by atoms with E-state index >= 15 is 0 Å². The van der Waals surface area contributed by atoms with Gasteiger partial charge in [-0.05, 0) is 36.4 Å². The third-order valence-electron chi connectivity index (χ3n) is 2.35. The van der Waals surface area contributed by atoms with Gasteiger partial charge in [0.1, 0.15) is 23.3 Å². The number of hydrogen-bond acceptors (Lipinski definition) is 3. The van der Waals surface area contributed by atoms with Crippen molar-refractivity contribution in [2.24, 2.45) is 0 Å². The highest BCUT2D eigenvalue weighted by Gasteiger charge is 2.05. The normalized spacial score (nSPS) is 9.61. The summed E-state index contributed by atoms with van der Waals surface area (Å²) in [5.74, 6) is 1.80. The van der Waals surface area contributed by atoms with E-state index in [1.54, 1.807) is 49.6 Å².